The molecule has 29 heavy (non-hydrogen) atoms. The molecule has 4 bridgehead atoms. The fraction of sp³-hybridized carbons (Fsp3) is 0.667. The van der Waals surface area contributed by atoms with E-state index >= 15 is 0 Å². The van der Waals surface area contributed by atoms with Crippen molar-refractivity contribution in [3.63, 3.8) is 0 Å². The number of hydrogen-bond donors (Lipinski definition) is 2. The van der Waals surface area contributed by atoms with E-state index in [1.807, 2.05) is 13.8 Å². The van der Waals surface area contributed by atoms with Crippen LogP contribution >= 0.6 is 0 Å². The summed E-state index contributed by atoms with van der Waals surface area (Å²) < 4.78 is 13.0. The molecule has 0 aromatic heterocycles. The molecule has 1 atom stereocenters. The summed E-state index contributed by atoms with van der Waals surface area (Å²) in [5.74, 6) is 1.85. The van der Waals surface area contributed by atoms with Gasteiger partial charge >= 0.3 is 0 Å². The van der Waals surface area contributed by atoms with Crippen molar-refractivity contribution in [2.45, 2.75) is 64.8 Å². The Morgan fingerprint density at radius 1 is 1.03 bits per heavy atom. The Morgan fingerprint density at radius 2 is 1.59 bits per heavy atom. The van der Waals surface area contributed by atoms with Crippen LogP contribution in [-0.2, 0) is 16.0 Å². The molecule has 0 unspecified atom stereocenters. The second-order valence-corrected chi connectivity index (χ2v) is 10.1. The Hall–Kier alpha value is -1.91. The van der Waals surface area contributed by atoms with Gasteiger partial charge in [-0.25, -0.2) is 4.39 Å². The van der Waals surface area contributed by atoms with Crippen LogP contribution in [0, 0.1) is 34.9 Å². The van der Waals surface area contributed by atoms with E-state index in [1.165, 1.54) is 31.4 Å². The maximum absolute atomic E-state index is 13.3. The molecule has 1 aromatic carbocycles. The van der Waals surface area contributed by atoms with Crippen molar-refractivity contribution in [2.24, 2.45) is 29.1 Å². The summed E-state index contributed by atoms with van der Waals surface area (Å²) in [6.07, 6.45) is 7.53. The van der Waals surface area contributed by atoms with E-state index < -0.39 is 6.04 Å². The van der Waals surface area contributed by atoms with Crippen molar-refractivity contribution in [3.8, 4) is 0 Å². The molecule has 0 radical (unpaired) electrons. The molecule has 2 amide bonds. The lowest BCUT2D eigenvalue weighted by Crippen LogP contribution is -2.58. The van der Waals surface area contributed by atoms with E-state index in [9.17, 15) is 14.0 Å². The third kappa shape index (κ3) is 4.34. The molecule has 5 rings (SSSR count). The summed E-state index contributed by atoms with van der Waals surface area (Å²) >= 11 is 0. The van der Waals surface area contributed by atoms with Gasteiger partial charge in [0.1, 0.15) is 11.9 Å². The van der Waals surface area contributed by atoms with Crippen molar-refractivity contribution in [2.75, 3.05) is 6.54 Å². The number of carbonyl (C=O) groups is 2. The highest BCUT2D eigenvalue weighted by Gasteiger charge is 2.55. The van der Waals surface area contributed by atoms with E-state index in [-0.39, 0.29) is 29.0 Å². The van der Waals surface area contributed by atoms with Gasteiger partial charge in [0.15, 0.2) is 0 Å². The SMILES string of the molecule is CC(C)[C@@H](NC(=O)C12CC3CC(CC(C3)C1)C2)C(=O)NCCc1ccc(F)cc1. The normalized spacial score (nSPS) is 31.0. The Bertz CT molecular complexity index is 723. The van der Waals surface area contributed by atoms with Crippen LogP contribution in [0.5, 0.6) is 0 Å². The minimum absolute atomic E-state index is 0.0266. The maximum Gasteiger partial charge on any atom is 0.242 e. The van der Waals surface area contributed by atoms with E-state index in [0.29, 0.717) is 30.7 Å². The van der Waals surface area contributed by atoms with E-state index in [0.717, 1.165) is 24.8 Å². The summed E-state index contributed by atoms with van der Waals surface area (Å²) in [6.45, 7) is 4.43. The van der Waals surface area contributed by atoms with Crippen molar-refractivity contribution in [3.05, 3.63) is 35.6 Å². The van der Waals surface area contributed by atoms with Crippen LogP contribution in [0.4, 0.5) is 4.39 Å². The molecule has 0 saturated heterocycles. The van der Waals surface area contributed by atoms with Crippen LogP contribution in [0.2, 0.25) is 0 Å². The summed E-state index contributed by atoms with van der Waals surface area (Å²) in [4.78, 5) is 26.1. The number of nitrogens with one attached hydrogen (secondary N) is 2. The van der Waals surface area contributed by atoms with Gasteiger partial charge in [0.2, 0.25) is 11.8 Å². The van der Waals surface area contributed by atoms with Gasteiger partial charge in [0.25, 0.3) is 0 Å². The molecule has 1 aromatic rings. The zero-order chi connectivity index (χ0) is 20.6. The molecule has 4 aliphatic carbocycles. The third-order valence-electron chi connectivity index (χ3n) is 7.38. The van der Waals surface area contributed by atoms with Crippen LogP contribution in [0.15, 0.2) is 24.3 Å². The quantitative estimate of drug-likeness (QED) is 0.731. The molecule has 0 aliphatic heterocycles. The Balaban J connectivity index is 1.34. The predicted octanol–water partition coefficient (Wildman–Crippen LogP) is 3.84. The van der Waals surface area contributed by atoms with Crippen LogP contribution in [0.25, 0.3) is 0 Å². The first-order chi connectivity index (χ1) is 13.8. The van der Waals surface area contributed by atoms with Crippen LogP contribution in [0.3, 0.4) is 0 Å². The smallest absolute Gasteiger partial charge is 0.242 e. The minimum atomic E-state index is -0.510. The largest absolute Gasteiger partial charge is 0.354 e. The molecule has 5 heteroatoms. The third-order valence-corrected chi connectivity index (χ3v) is 7.38. The van der Waals surface area contributed by atoms with E-state index in [1.54, 1.807) is 12.1 Å². The van der Waals surface area contributed by atoms with Crippen LogP contribution in [0.1, 0.15) is 57.9 Å². The summed E-state index contributed by atoms with van der Waals surface area (Å²) in [5.41, 5.74) is 0.737. The first kappa shape index (κ1) is 20.4. The number of benzene rings is 1. The van der Waals surface area contributed by atoms with Gasteiger partial charge in [-0.05, 0) is 86.3 Å². The molecule has 4 saturated carbocycles. The monoisotopic (exact) mass is 400 g/mol. The Labute approximate surface area is 173 Å². The second kappa shape index (κ2) is 8.08. The predicted molar refractivity (Wildman–Crippen MR) is 110 cm³/mol. The van der Waals surface area contributed by atoms with Crippen molar-refractivity contribution < 1.29 is 14.0 Å². The number of rotatable bonds is 7. The van der Waals surface area contributed by atoms with Crippen molar-refractivity contribution in [1.82, 2.24) is 10.6 Å². The number of halogens is 1. The average Bonchev–Trinajstić information content (AvgIpc) is 2.66. The standard InChI is InChI=1S/C24H33FN2O2/c1-15(2)21(22(28)26-8-7-16-3-5-20(25)6-4-16)27-23(29)24-12-17-9-18(13-24)11-19(10-17)14-24/h3-6,15,17-19,21H,7-14H2,1-2H3,(H,26,28)(H,27,29)/t17?,18?,19?,21-,24?/m1/s1. The topological polar surface area (TPSA) is 58.2 Å². The van der Waals surface area contributed by atoms with Crippen molar-refractivity contribution in [1.29, 1.82) is 0 Å². The van der Waals surface area contributed by atoms with Gasteiger partial charge in [-0.15, -0.1) is 0 Å². The zero-order valence-electron chi connectivity index (χ0n) is 17.5. The van der Waals surface area contributed by atoms with Gasteiger partial charge in [0, 0.05) is 12.0 Å². The van der Waals surface area contributed by atoms with Gasteiger partial charge in [-0.3, -0.25) is 9.59 Å². The molecule has 4 aliphatic rings. The number of amides is 2. The van der Waals surface area contributed by atoms with Gasteiger partial charge < -0.3 is 10.6 Å². The highest BCUT2D eigenvalue weighted by Crippen LogP contribution is 2.60. The number of carbonyl (C=O) groups excluding carboxylic acids is 2. The molecule has 0 heterocycles. The lowest BCUT2D eigenvalue weighted by molar-refractivity contribution is -0.149. The Kier molecular flexibility index (Phi) is 5.67. The molecule has 0 spiro atoms. The molecular weight excluding hydrogens is 367 g/mol. The average molecular weight is 401 g/mol. The minimum Gasteiger partial charge on any atom is -0.354 e. The molecular formula is C24H33FN2O2. The molecule has 4 nitrogen and oxygen atoms in total. The first-order valence-corrected chi connectivity index (χ1v) is 11.2. The fourth-order valence-electron chi connectivity index (χ4n) is 6.31. The number of hydrogen-bond acceptors (Lipinski definition) is 2. The fourth-order valence-corrected chi connectivity index (χ4v) is 6.31. The highest BCUT2D eigenvalue weighted by atomic mass is 19.1. The summed E-state index contributed by atoms with van der Waals surface area (Å²) in [6, 6.07) is 5.81. The summed E-state index contributed by atoms with van der Waals surface area (Å²) in [5, 5.41) is 6.09. The summed E-state index contributed by atoms with van der Waals surface area (Å²) in [7, 11) is 0. The van der Waals surface area contributed by atoms with E-state index in [4.69, 9.17) is 0 Å². The maximum atomic E-state index is 13.3. The molecule has 2 N–H and O–H groups in total. The van der Waals surface area contributed by atoms with Gasteiger partial charge in [-0.1, -0.05) is 26.0 Å². The Morgan fingerprint density at radius 3 is 2.10 bits per heavy atom. The lowest BCUT2D eigenvalue weighted by Gasteiger charge is -2.55. The zero-order valence-corrected chi connectivity index (χ0v) is 17.5. The van der Waals surface area contributed by atoms with Crippen LogP contribution < -0.4 is 10.6 Å². The second-order valence-electron chi connectivity index (χ2n) is 10.1. The van der Waals surface area contributed by atoms with Crippen LogP contribution in [-0.4, -0.2) is 24.4 Å². The molecule has 158 valence electrons. The lowest BCUT2D eigenvalue weighted by atomic mass is 9.49. The molecule has 4 fully saturated rings. The van der Waals surface area contributed by atoms with Crippen molar-refractivity contribution >= 4 is 11.8 Å². The van der Waals surface area contributed by atoms with Gasteiger partial charge in [-0.2, -0.15) is 0 Å². The first-order valence-electron chi connectivity index (χ1n) is 11.2. The van der Waals surface area contributed by atoms with Gasteiger partial charge in [0.05, 0.1) is 0 Å². The van der Waals surface area contributed by atoms with E-state index in [2.05, 4.69) is 10.6 Å². The highest BCUT2D eigenvalue weighted by molar-refractivity contribution is 5.90.